The molecule has 0 aliphatic heterocycles. The second-order valence-corrected chi connectivity index (χ2v) is 4.08. The SMILES string of the molecule is CCOc1ccccc1Oc1nc(Cl)ccc1[N+](=O)[O-]. The van der Waals surface area contributed by atoms with Crippen LogP contribution in [0, 0.1) is 10.1 Å². The lowest BCUT2D eigenvalue weighted by Gasteiger charge is -2.10. The zero-order chi connectivity index (χ0) is 14.5. The van der Waals surface area contributed by atoms with Crippen molar-refractivity contribution in [2.24, 2.45) is 0 Å². The molecule has 1 aromatic heterocycles. The van der Waals surface area contributed by atoms with Crippen molar-refractivity contribution in [1.29, 1.82) is 0 Å². The van der Waals surface area contributed by atoms with Crippen molar-refractivity contribution in [3.8, 4) is 17.4 Å². The van der Waals surface area contributed by atoms with Gasteiger partial charge in [-0.2, -0.15) is 4.98 Å². The molecule has 0 unspecified atom stereocenters. The van der Waals surface area contributed by atoms with Crippen LogP contribution in [0.1, 0.15) is 6.92 Å². The van der Waals surface area contributed by atoms with Gasteiger partial charge in [0.05, 0.1) is 11.5 Å². The van der Waals surface area contributed by atoms with Crippen molar-refractivity contribution < 1.29 is 14.4 Å². The third-order valence-corrected chi connectivity index (χ3v) is 2.57. The molecule has 2 rings (SSSR count). The highest BCUT2D eigenvalue weighted by atomic mass is 35.5. The summed E-state index contributed by atoms with van der Waals surface area (Å²) in [6, 6.07) is 9.42. The summed E-state index contributed by atoms with van der Waals surface area (Å²) in [5.41, 5.74) is -0.263. The third kappa shape index (κ3) is 3.16. The number of hydrogen-bond acceptors (Lipinski definition) is 5. The van der Waals surface area contributed by atoms with Crippen LogP contribution in [0.5, 0.6) is 17.4 Å². The second kappa shape index (κ2) is 6.21. The molecule has 1 aromatic carbocycles. The number of aromatic nitrogens is 1. The van der Waals surface area contributed by atoms with E-state index in [-0.39, 0.29) is 16.7 Å². The number of benzene rings is 1. The molecule has 0 spiro atoms. The van der Waals surface area contributed by atoms with Gasteiger partial charge in [0.25, 0.3) is 0 Å². The number of hydrogen-bond donors (Lipinski definition) is 0. The van der Waals surface area contributed by atoms with Crippen LogP contribution >= 0.6 is 11.6 Å². The van der Waals surface area contributed by atoms with Gasteiger partial charge in [-0.3, -0.25) is 10.1 Å². The molecule has 0 saturated carbocycles. The predicted octanol–water partition coefficient (Wildman–Crippen LogP) is 3.83. The van der Waals surface area contributed by atoms with Crippen molar-refractivity contribution >= 4 is 17.3 Å². The van der Waals surface area contributed by atoms with Gasteiger partial charge in [0, 0.05) is 6.07 Å². The van der Waals surface area contributed by atoms with Gasteiger partial charge in [-0.1, -0.05) is 23.7 Å². The summed E-state index contributed by atoms with van der Waals surface area (Å²) in [5.74, 6) is 0.646. The summed E-state index contributed by atoms with van der Waals surface area (Å²) in [7, 11) is 0. The van der Waals surface area contributed by atoms with Gasteiger partial charge in [0.2, 0.25) is 0 Å². The van der Waals surface area contributed by atoms with Gasteiger partial charge < -0.3 is 9.47 Å². The number of rotatable bonds is 5. The lowest BCUT2D eigenvalue weighted by atomic mass is 10.3. The van der Waals surface area contributed by atoms with Crippen LogP contribution in [0.4, 0.5) is 5.69 Å². The zero-order valence-corrected chi connectivity index (χ0v) is 11.3. The van der Waals surface area contributed by atoms with Gasteiger partial charge in [-0.05, 0) is 25.1 Å². The average molecular weight is 295 g/mol. The molecule has 6 nitrogen and oxygen atoms in total. The van der Waals surface area contributed by atoms with E-state index < -0.39 is 4.92 Å². The van der Waals surface area contributed by atoms with Crippen molar-refractivity contribution in [2.45, 2.75) is 6.92 Å². The zero-order valence-electron chi connectivity index (χ0n) is 10.6. The fraction of sp³-hybridized carbons (Fsp3) is 0.154. The summed E-state index contributed by atoms with van der Waals surface area (Å²) in [4.78, 5) is 14.2. The van der Waals surface area contributed by atoms with Crippen LogP contribution in [0.2, 0.25) is 5.15 Å². The molecule has 0 aliphatic carbocycles. The van der Waals surface area contributed by atoms with E-state index >= 15 is 0 Å². The van der Waals surface area contributed by atoms with E-state index in [0.29, 0.717) is 18.1 Å². The topological polar surface area (TPSA) is 74.5 Å². The molecule has 0 bridgehead atoms. The molecule has 7 heteroatoms. The Morgan fingerprint density at radius 1 is 1.25 bits per heavy atom. The Kier molecular flexibility index (Phi) is 4.37. The maximum absolute atomic E-state index is 10.9. The summed E-state index contributed by atoms with van der Waals surface area (Å²) in [6.45, 7) is 2.28. The highest BCUT2D eigenvalue weighted by Crippen LogP contribution is 2.35. The first-order valence-corrected chi connectivity index (χ1v) is 6.20. The van der Waals surface area contributed by atoms with Crippen molar-refractivity contribution in [3.05, 3.63) is 51.7 Å². The molecular formula is C13H11ClN2O4. The van der Waals surface area contributed by atoms with Crippen LogP contribution in [0.3, 0.4) is 0 Å². The van der Waals surface area contributed by atoms with Gasteiger partial charge in [-0.25, -0.2) is 0 Å². The molecular weight excluding hydrogens is 284 g/mol. The van der Waals surface area contributed by atoms with Crippen molar-refractivity contribution in [3.63, 3.8) is 0 Å². The predicted molar refractivity (Wildman–Crippen MR) is 73.6 cm³/mol. The van der Waals surface area contributed by atoms with E-state index in [1.807, 2.05) is 6.92 Å². The first-order chi connectivity index (χ1) is 9.61. The third-order valence-electron chi connectivity index (χ3n) is 2.36. The Hall–Kier alpha value is -2.34. The highest BCUT2D eigenvalue weighted by Gasteiger charge is 2.19. The number of para-hydroxylation sites is 2. The molecule has 0 radical (unpaired) electrons. The molecule has 2 aromatic rings. The van der Waals surface area contributed by atoms with Gasteiger partial charge in [0.1, 0.15) is 5.15 Å². The molecule has 0 saturated heterocycles. The second-order valence-electron chi connectivity index (χ2n) is 3.70. The van der Waals surface area contributed by atoms with Gasteiger partial charge in [0.15, 0.2) is 11.5 Å². The summed E-state index contributed by atoms with van der Waals surface area (Å²) in [6.07, 6.45) is 0. The summed E-state index contributed by atoms with van der Waals surface area (Å²) >= 11 is 5.74. The number of nitro groups is 1. The molecule has 0 aliphatic rings. The Balaban J connectivity index is 2.39. The molecule has 20 heavy (non-hydrogen) atoms. The normalized spacial score (nSPS) is 10.1. The minimum absolute atomic E-state index is 0.111. The minimum atomic E-state index is -0.581. The molecule has 0 amide bonds. The average Bonchev–Trinajstić information content (AvgIpc) is 2.41. The Labute approximate surface area is 120 Å². The van der Waals surface area contributed by atoms with Crippen molar-refractivity contribution in [1.82, 2.24) is 4.98 Å². The number of pyridine rings is 1. The summed E-state index contributed by atoms with van der Waals surface area (Å²) in [5, 5.41) is 11.1. The Bertz CT molecular complexity index is 634. The highest BCUT2D eigenvalue weighted by molar-refractivity contribution is 6.29. The minimum Gasteiger partial charge on any atom is -0.490 e. The van der Waals surface area contributed by atoms with Crippen LogP contribution in [-0.2, 0) is 0 Å². The largest absolute Gasteiger partial charge is 0.490 e. The van der Waals surface area contributed by atoms with Gasteiger partial charge in [-0.15, -0.1) is 0 Å². The molecule has 104 valence electrons. The maximum atomic E-state index is 10.9. The number of halogens is 1. The van der Waals surface area contributed by atoms with Crippen LogP contribution in [0.25, 0.3) is 0 Å². The van der Waals surface area contributed by atoms with E-state index in [2.05, 4.69) is 4.98 Å². The first kappa shape index (κ1) is 14.1. The fourth-order valence-corrected chi connectivity index (χ4v) is 1.68. The fourth-order valence-electron chi connectivity index (χ4n) is 1.54. The summed E-state index contributed by atoms with van der Waals surface area (Å²) < 4.78 is 10.9. The van der Waals surface area contributed by atoms with E-state index in [0.717, 1.165) is 0 Å². The van der Waals surface area contributed by atoms with Crippen LogP contribution in [0.15, 0.2) is 36.4 Å². The van der Waals surface area contributed by atoms with E-state index in [1.54, 1.807) is 24.3 Å². The van der Waals surface area contributed by atoms with E-state index in [9.17, 15) is 10.1 Å². The Morgan fingerprint density at radius 3 is 2.60 bits per heavy atom. The molecule has 0 N–H and O–H groups in total. The van der Waals surface area contributed by atoms with E-state index in [1.165, 1.54) is 12.1 Å². The maximum Gasteiger partial charge on any atom is 0.331 e. The standard InChI is InChI=1S/C13H11ClN2O4/c1-2-19-10-5-3-4-6-11(10)20-13-9(16(17)18)7-8-12(14)15-13/h3-8H,2H2,1H3. The van der Waals surface area contributed by atoms with Crippen molar-refractivity contribution in [2.75, 3.05) is 6.61 Å². The Morgan fingerprint density at radius 2 is 1.95 bits per heavy atom. The molecule has 1 heterocycles. The molecule has 0 fully saturated rings. The first-order valence-electron chi connectivity index (χ1n) is 5.82. The smallest absolute Gasteiger partial charge is 0.331 e. The monoisotopic (exact) mass is 294 g/mol. The van der Waals surface area contributed by atoms with E-state index in [4.69, 9.17) is 21.1 Å². The molecule has 0 atom stereocenters. The lowest BCUT2D eigenvalue weighted by Crippen LogP contribution is -1.98. The number of ether oxygens (including phenoxy) is 2. The van der Waals surface area contributed by atoms with Gasteiger partial charge >= 0.3 is 11.6 Å². The number of nitrogens with zero attached hydrogens (tertiary/aromatic N) is 2. The quantitative estimate of drug-likeness (QED) is 0.476. The van der Waals surface area contributed by atoms with Crippen LogP contribution < -0.4 is 9.47 Å². The van der Waals surface area contributed by atoms with Crippen LogP contribution in [-0.4, -0.2) is 16.5 Å². The lowest BCUT2D eigenvalue weighted by molar-refractivity contribution is -0.386.